The van der Waals surface area contributed by atoms with E-state index in [0.717, 1.165) is 18.7 Å². The highest BCUT2D eigenvalue weighted by atomic mass is 16.2. The van der Waals surface area contributed by atoms with Crippen LogP contribution in [0.25, 0.3) is 0 Å². The molecule has 0 saturated heterocycles. The van der Waals surface area contributed by atoms with E-state index in [0.29, 0.717) is 0 Å². The number of hydrogen-bond acceptors (Lipinski definition) is 3. The first-order valence-corrected chi connectivity index (χ1v) is 6.05. The van der Waals surface area contributed by atoms with Crippen molar-refractivity contribution in [1.29, 1.82) is 0 Å². The van der Waals surface area contributed by atoms with Crippen LogP contribution in [-0.4, -0.2) is 27.9 Å². The van der Waals surface area contributed by atoms with Gasteiger partial charge in [0.25, 0.3) is 0 Å². The van der Waals surface area contributed by atoms with Gasteiger partial charge in [-0.25, -0.2) is 4.98 Å². The maximum absolute atomic E-state index is 11.7. The summed E-state index contributed by atoms with van der Waals surface area (Å²) >= 11 is 0. The molecule has 0 saturated carbocycles. The van der Waals surface area contributed by atoms with E-state index in [1.165, 1.54) is 6.92 Å². The minimum atomic E-state index is -0.214. The van der Waals surface area contributed by atoms with Gasteiger partial charge in [0.05, 0.1) is 12.6 Å². The van der Waals surface area contributed by atoms with E-state index in [2.05, 4.69) is 22.5 Å². The molecular weight excluding hydrogens is 232 g/mol. The fraction of sp³-hybridized carbons (Fsp3) is 0.583. The van der Waals surface area contributed by atoms with Crippen molar-refractivity contribution < 1.29 is 9.59 Å². The van der Waals surface area contributed by atoms with Crippen LogP contribution in [0.2, 0.25) is 0 Å². The van der Waals surface area contributed by atoms with Crippen molar-refractivity contribution in [3.8, 4) is 0 Å². The molecule has 2 amide bonds. The highest BCUT2D eigenvalue weighted by Gasteiger charge is 2.17. The largest absolute Gasteiger partial charge is 0.347 e. The molecule has 1 heterocycles. The Morgan fingerprint density at radius 2 is 2.22 bits per heavy atom. The van der Waals surface area contributed by atoms with Gasteiger partial charge in [-0.3, -0.25) is 9.59 Å². The fourth-order valence-corrected chi connectivity index (χ4v) is 1.72. The third-order valence-electron chi connectivity index (χ3n) is 2.58. The summed E-state index contributed by atoms with van der Waals surface area (Å²) in [6.45, 7) is 3.44. The molecule has 18 heavy (non-hydrogen) atoms. The van der Waals surface area contributed by atoms with Gasteiger partial charge in [-0.15, -0.1) is 0 Å². The van der Waals surface area contributed by atoms with Crippen molar-refractivity contribution in [2.75, 3.05) is 6.54 Å². The van der Waals surface area contributed by atoms with Gasteiger partial charge in [-0.05, 0) is 6.42 Å². The third kappa shape index (κ3) is 4.20. The molecule has 1 aromatic heterocycles. The van der Waals surface area contributed by atoms with Crippen LogP contribution in [0.4, 0.5) is 0 Å². The fourth-order valence-electron chi connectivity index (χ4n) is 1.72. The summed E-state index contributed by atoms with van der Waals surface area (Å²) in [5, 5.41) is 5.35. The van der Waals surface area contributed by atoms with Gasteiger partial charge in [-0.1, -0.05) is 13.3 Å². The van der Waals surface area contributed by atoms with Gasteiger partial charge < -0.3 is 15.2 Å². The zero-order valence-corrected chi connectivity index (χ0v) is 11.1. The van der Waals surface area contributed by atoms with Gasteiger partial charge in [0, 0.05) is 26.4 Å². The van der Waals surface area contributed by atoms with Gasteiger partial charge in [0.2, 0.25) is 11.8 Å². The molecule has 1 rings (SSSR count). The molecule has 0 fully saturated rings. The van der Waals surface area contributed by atoms with E-state index < -0.39 is 0 Å². The molecule has 1 aromatic rings. The Bertz CT molecular complexity index is 414. The van der Waals surface area contributed by atoms with Crippen LogP contribution in [0.5, 0.6) is 0 Å². The van der Waals surface area contributed by atoms with Crippen LogP contribution >= 0.6 is 0 Å². The maximum Gasteiger partial charge on any atom is 0.239 e. The summed E-state index contributed by atoms with van der Waals surface area (Å²) < 4.78 is 1.89. The Kier molecular flexibility index (Phi) is 5.35. The van der Waals surface area contributed by atoms with E-state index >= 15 is 0 Å². The molecule has 0 aliphatic carbocycles. The lowest BCUT2D eigenvalue weighted by molar-refractivity contribution is -0.125. The molecule has 0 aliphatic heterocycles. The van der Waals surface area contributed by atoms with Gasteiger partial charge in [0.15, 0.2) is 0 Å². The Morgan fingerprint density at radius 3 is 2.72 bits per heavy atom. The number of aromatic nitrogens is 2. The van der Waals surface area contributed by atoms with Crippen molar-refractivity contribution >= 4 is 11.8 Å². The molecule has 0 bridgehead atoms. The molecular formula is C12H20N4O2. The highest BCUT2D eigenvalue weighted by molar-refractivity contribution is 5.83. The van der Waals surface area contributed by atoms with Crippen molar-refractivity contribution in [2.45, 2.75) is 32.7 Å². The van der Waals surface area contributed by atoms with E-state index in [4.69, 9.17) is 0 Å². The summed E-state index contributed by atoms with van der Waals surface area (Å²) in [7, 11) is 1.89. The average Bonchev–Trinajstić information content (AvgIpc) is 2.72. The van der Waals surface area contributed by atoms with Crippen molar-refractivity contribution in [3.05, 3.63) is 18.2 Å². The summed E-state index contributed by atoms with van der Waals surface area (Å²) in [6, 6.07) is -0.115. The number of imidazole rings is 1. The van der Waals surface area contributed by atoms with Gasteiger partial charge in [0.1, 0.15) is 5.82 Å². The van der Waals surface area contributed by atoms with Gasteiger partial charge in [-0.2, -0.15) is 0 Å². The summed E-state index contributed by atoms with van der Waals surface area (Å²) in [6.07, 6.45) is 5.31. The van der Waals surface area contributed by atoms with E-state index in [9.17, 15) is 9.59 Å². The molecule has 6 heteroatoms. The van der Waals surface area contributed by atoms with Gasteiger partial charge >= 0.3 is 0 Å². The molecule has 100 valence electrons. The van der Waals surface area contributed by atoms with Crippen molar-refractivity contribution in [3.63, 3.8) is 0 Å². The summed E-state index contributed by atoms with van der Waals surface area (Å²) in [5.74, 6) is 0.411. The average molecular weight is 252 g/mol. The van der Waals surface area contributed by atoms with Crippen LogP contribution in [-0.2, 0) is 16.6 Å². The summed E-state index contributed by atoms with van der Waals surface area (Å²) in [4.78, 5) is 26.7. The zero-order chi connectivity index (χ0) is 13.5. The second-order valence-electron chi connectivity index (χ2n) is 4.21. The SMILES string of the molecule is CCC[C@@H](NC(=O)CNC(C)=O)c1nccn1C. The molecule has 0 radical (unpaired) electrons. The number of nitrogens with zero attached hydrogens (tertiary/aromatic N) is 2. The first-order valence-electron chi connectivity index (χ1n) is 6.05. The first kappa shape index (κ1) is 14.2. The quantitative estimate of drug-likeness (QED) is 0.774. The lowest BCUT2D eigenvalue weighted by Crippen LogP contribution is -2.38. The van der Waals surface area contributed by atoms with Crippen molar-refractivity contribution in [2.24, 2.45) is 7.05 Å². The molecule has 2 N–H and O–H groups in total. The number of aryl methyl sites for hydroxylation is 1. The smallest absolute Gasteiger partial charge is 0.239 e. The second-order valence-corrected chi connectivity index (χ2v) is 4.21. The Balaban J connectivity index is 2.61. The number of hydrogen-bond donors (Lipinski definition) is 2. The standard InChI is InChI=1S/C12H20N4O2/c1-4-5-10(12-13-6-7-16(12)3)15-11(18)8-14-9(2)17/h6-7,10H,4-5,8H2,1-3H3,(H,14,17)(H,15,18)/t10-/m1/s1. The second kappa shape index (κ2) is 6.78. The first-order chi connectivity index (χ1) is 8.54. The normalized spacial score (nSPS) is 11.9. The molecule has 6 nitrogen and oxygen atoms in total. The molecule has 0 spiro atoms. The van der Waals surface area contributed by atoms with Crippen LogP contribution in [0.3, 0.4) is 0 Å². The van der Waals surface area contributed by atoms with Crippen LogP contribution < -0.4 is 10.6 Å². The zero-order valence-electron chi connectivity index (χ0n) is 11.1. The van der Waals surface area contributed by atoms with E-state index in [1.54, 1.807) is 6.20 Å². The molecule has 0 unspecified atom stereocenters. The predicted octanol–water partition coefficient (Wildman–Crippen LogP) is 0.514. The lowest BCUT2D eigenvalue weighted by atomic mass is 10.1. The number of amides is 2. The van der Waals surface area contributed by atoms with Crippen LogP contribution in [0, 0.1) is 0 Å². The Hall–Kier alpha value is -1.85. The number of carbonyl (C=O) groups is 2. The van der Waals surface area contributed by atoms with E-state index in [-0.39, 0.29) is 24.4 Å². The third-order valence-corrected chi connectivity index (χ3v) is 2.58. The monoisotopic (exact) mass is 252 g/mol. The summed E-state index contributed by atoms with van der Waals surface area (Å²) in [5.41, 5.74) is 0. The number of rotatable bonds is 6. The highest BCUT2D eigenvalue weighted by Crippen LogP contribution is 2.15. The van der Waals surface area contributed by atoms with Crippen molar-refractivity contribution in [1.82, 2.24) is 20.2 Å². The molecule has 0 aromatic carbocycles. The lowest BCUT2D eigenvalue weighted by Gasteiger charge is -2.18. The number of carbonyl (C=O) groups excluding carboxylic acids is 2. The Morgan fingerprint density at radius 1 is 1.50 bits per heavy atom. The minimum absolute atomic E-state index is 0.0000293. The minimum Gasteiger partial charge on any atom is -0.347 e. The van der Waals surface area contributed by atoms with E-state index in [1.807, 2.05) is 17.8 Å². The molecule has 0 aliphatic rings. The molecule has 1 atom stereocenters. The number of nitrogens with one attached hydrogen (secondary N) is 2. The topological polar surface area (TPSA) is 76.0 Å². The van der Waals surface area contributed by atoms with Crippen LogP contribution in [0.1, 0.15) is 38.6 Å². The predicted molar refractivity (Wildman–Crippen MR) is 67.7 cm³/mol. The maximum atomic E-state index is 11.7. The van der Waals surface area contributed by atoms with Crippen LogP contribution in [0.15, 0.2) is 12.4 Å². The Labute approximate surface area is 107 Å².